The lowest BCUT2D eigenvalue weighted by atomic mass is 10.1. The van der Waals surface area contributed by atoms with Crippen LogP contribution in [0, 0.1) is 13.8 Å². The van der Waals surface area contributed by atoms with Gasteiger partial charge < -0.3 is 9.80 Å². The van der Waals surface area contributed by atoms with Gasteiger partial charge in [-0.1, -0.05) is 23.9 Å². The molecule has 3 heterocycles. The first kappa shape index (κ1) is 21.0. The molecule has 0 unspecified atom stereocenters. The van der Waals surface area contributed by atoms with Gasteiger partial charge in [0.25, 0.3) is 5.91 Å². The number of carbonyl (C=O) groups is 2. The van der Waals surface area contributed by atoms with Gasteiger partial charge in [0.05, 0.1) is 17.6 Å². The van der Waals surface area contributed by atoms with Crippen molar-refractivity contribution >= 4 is 23.6 Å². The Kier molecular flexibility index (Phi) is 6.31. The summed E-state index contributed by atoms with van der Waals surface area (Å²) in [5.41, 5.74) is 3.81. The number of carbonyl (C=O) groups excluding carboxylic acids is 2. The van der Waals surface area contributed by atoms with E-state index >= 15 is 0 Å². The molecular weight excluding hydrogens is 412 g/mol. The fourth-order valence-corrected chi connectivity index (χ4v) is 4.39. The van der Waals surface area contributed by atoms with E-state index in [9.17, 15) is 9.59 Å². The largest absolute Gasteiger partial charge is 0.338 e. The monoisotopic (exact) mass is 436 g/mol. The van der Waals surface area contributed by atoms with E-state index in [-0.39, 0.29) is 11.8 Å². The minimum atomic E-state index is -0.148. The molecule has 0 N–H and O–H groups in total. The Hall–Kier alpha value is -3.20. The molecule has 1 aliphatic heterocycles. The lowest BCUT2D eigenvalue weighted by Crippen LogP contribution is -2.51. The maximum absolute atomic E-state index is 12.8. The van der Waals surface area contributed by atoms with Crippen molar-refractivity contribution in [3.63, 3.8) is 0 Å². The quantitative estimate of drug-likeness (QED) is 0.571. The highest BCUT2D eigenvalue weighted by Crippen LogP contribution is 2.24. The molecule has 1 fully saturated rings. The van der Waals surface area contributed by atoms with Gasteiger partial charge in [0.15, 0.2) is 5.16 Å². The van der Waals surface area contributed by atoms with Crippen molar-refractivity contribution < 1.29 is 9.59 Å². The van der Waals surface area contributed by atoms with Gasteiger partial charge in [-0.15, -0.1) is 0 Å². The average Bonchev–Trinajstić information content (AvgIpc) is 3.28. The fourth-order valence-electron chi connectivity index (χ4n) is 3.52. The van der Waals surface area contributed by atoms with Crippen LogP contribution in [0.5, 0.6) is 0 Å². The molecular formula is C22H24N6O2S. The van der Waals surface area contributed by atoms with Crippen LogP contribution in [-0.4, -0.2) is 73.1 Å². The zero-order valence-electron chi connectivity index (χ0n) is 17.6. The number of piperazine rings is 1. The second-order valence-corrected chi connectivity index (χ2v) is 8.29. The highest BCUT2D eigenvalue weighted by Gasteiger charge is 2.25. The van der Waals surface area contributed by atoms with Crippen LogP contribution in [0.15, 0.2) is 54.3 Å². The molecule has 2 aromatic heterocycles. The number of benzene rings is 1. The van der Waals surface area contributed by atoms with Crippen LogP contribution in [0.4, 0.5) is 0 Å². The Labute approximate surface area is 185 Å². The van der Waals surface area contributed by atoms with Crippen molar-refractivity contribution in [3.8, 4) is 5.69 Å². The summed E-state index contributed by atoms with van der Waals surface area (Å²) in [6.07, 6.45) is 8.19. The van der Waals surface area contributed by atoms with E-state index in [0.29, 0.717) is 37.6 Å². The van der Waals surface area contributed by atoms with E-state index in [0.717, 1.165) is 10.8 Å². The number of aryl methyl sites for hydroxylation is 1. The highest BCUT2D eigenvalue weighted by atomic mass is 32.2. The Morgan fingerprint density at radius 1 is 1.00 bits per heavy atom. The third kappa shape index (κ3) is 4.61. The average molecular weight is 437 g/mol. The van der Waals surface area contributed by atoms with Gasteiger partial charge in [-0.25, -0.2) is 9.97 Å². The fraction of sp³-hybridized carbons (Fsp3) is 0.318. The molecule has 2 amide bonds. The number of nitrogens with zero attached hydrogens (tertiary/aromatic N) is 6. The van der Waals surface area contributed by atoms with Crippen LogP contribution in [0.3, 0.4) is 0 Å². The minimum absolute atomic E-state index is 0.0483. The number of hydrogen-bond acceptors (Lipinski definition) is 6. The van der Waals surface area contributed by atoms with Crippen molar-refractivity contribution in [2.75, 3.05) is 31.9 Å². The standard InChI is InChI=1S/C22H24N6O2S/c1-16-4-3-5-19(17(16)2)28-9-8-25-22(28)31-15-20(29)26-10-12-27(13-11-26)21(30)18-14-23-6-7-24-18/h3-9,14H,10-13,15H2,1-2H3. The van der Waals surface area contributed by atoms with Gasteiger partial charge in [0, 0.05) is 51.0 Å². The number of aromatic nitrogens is 4. The molecule has 1 aromatic carbocycles. The predicted molar refractivity (Wildman–Crippen MR) is 118 cm³/mol. The van der Waals surface area contributed by atoms with Crippen LogP contribution < -0.4 is 0 Å². The number of hydrogen-bond donors (Lipinski definition) is 0. The summed E-state index contributed by atoms with van der Waals surface area (Å²) in [6.45, 7) is 6.17. The van der Waals surface area contributed by atoms with E-state index in [2.05, 4.69) is 40.9 Å². The molecule has 31 heavy (non-hydrogen) atoms. The van der Waals surface area contributed by atoms with E-state index in [1.54, 1.807) is 16.0 Å². The first-order valence-electron chi connectivity index (χ1n) is 10.1. The Balaban J connectivity index is 1.33. The summed E-state index contributed by atoms with van der Waals surface area (Å²) in [6, 6.07) is 6.17. The maximum Gasteiger partial charge on any atom is 0.274 e. The lowest BCUT2D eigenvalue weighted by molar-refractivity contribution is -0.129. The molecule has 0 saturated carbocycles. The van der Waals surface area contributed by atoms with Crippen molar-refractivity contribution in [3.05, 3.63) is 66.0 Å². The number of imidazole rings is 1. The third-order valence-corrected chi connectivity index (χ3v) is 6.42. The molecule has 160 valence electrons. The Bertz CT molecular complexity index is 1080. The Morgan fingerprint density at radius 3 is 2.52 bits per heavy atom. The first-order chi connectivity index (χ1) is 15.0. The van der Waals surface area contributed by atoms with E-state index in [4.69, 9.17) is 0 Å². The molecule has 0 spiro atoms. The predicted octanol–water partition coefficient (Wildman–Crippen LogP) is 2.36. The van der Waals surface area contributed by atoms with Crippen LogP contribution in [0.25, 0.3) is 5.69 Å². The number of rotatable bonds is 5. The molecule has 9 heteroatoms. The Morgan fingerprint density at radius 2 is 1.77 bits per heavy atom. The summed E-state index contributed by atoms with van der Waals surface area (Å²) in [5.74, 6) is 0.206. The minimum Gasteiger partial charge on any atom is -0.338 e. The van der Waals surface area contributed by atoms with Gasteiger partial charge in [-0.3, -0.25) is 19.1 Å². The van der Waals surface area contributed by atoms with Crippen LogP contribution in [-0.2, 0) is 4.79 Å². The molecule has 3 aromatic rings. The summed E-state index contributed by atoms with van der Waals surface area (Å²) in [7, 11) is 0. The topological polar surface area (TPSA) is 84.2 Å². The smallest absolute Gasteiger partial charge is 0.274 e. The van der Waals surface area contributed by atoms with Crippen LogP contribution in [0.2, 0.25) is 0 Å². The van der Waals surface area contributed by atoms with E-state index < -0.39 is 0 Å². The van der Waals surface area contributed by atoms with Crippen LogP contribution in [0.1, 0.15) is 21.6 Å². The van der Waals surface area contributed by atoms with Crippen molar-refractivity contribution in [2.45, 2.75) is 19.0 Å². The summed E-state index contributed by atoms with van der Waals surface area (Å²) >= 11 is 1.43. The molecule has 0 radical (unpaired) electrons. The third-order valence-electron chi connectivity index (χ3n) is 5.47. The molecule has 8 nitrogen and oxygen atoms in total. The lowest BCUT2D eigenvalue weighted by Gasteiger charge is -2.34. The molecule has 4 rings (SSSR count). The molecule has 0 bridgehead atoms. The SMILES string of the molecule is Cc1cccc(-n2ccnc2SCC(=O)N2CCN(C(=O)c3cnccn3)CC2)c1C. The number of thioether (sulfide) groups is 1. The van der Waals surface area contributed by atoms with Gasteiger partial charge >= 0.3 is 0 Å². The van der Waals surface area contributed by atoms with Crippen molar-refractivity contribution in [2.24, 2.45) is 0 Å². The van der Waals surface area contributed by atoms with E-state index in [1.165, 1.54) is 41.5 Å². The van der Waals surface area contributed by atoms with Gasteiger partial charge in [-0.2, -0.15) is 0 Å². The zero-order valence-corrected chi connectivity index (χ0v) is 18.4. The number of amides is 2. The summed E-state index contributed by atoms with van der Waals surface area (Å²) < 4.78 is 2.03. The highest BCUT2D eigenvalue weighted by molar-refractivity contribution is 7.99. The normalized spacial score (nSPS) is 14.0. The van der Waals surface area contributed by atoms with Crippen molar-refractivity contribution in [1.82, 2.24) is 29.3 Å². The second-order valence-electron chi connectivity index (χ2n) is 7.35. The van der Waals surface area contributed by atoms with Crippen molar-refractivity contribution in [1.29, 1.82) is 0 Å². The van der Waals surface area contributed by atoms with E-state index in [1.807, 2.05) is 16.8 Å². The molecule has 0 aliphatic carbocycles. The van der Waals surface area contributed by atoms with Crippen LogP contribution >= 0.6 is 11.8 Å². The van der Waals surface area contributed by atoms with Gasteiger partial charge in [-0.05, 0) is 31.0 Å². The zero-order chi connectivity index (χ0) is 21.8. The first-order valence-corrected chi connectivity index (χ1v) is 11.1. The van der Waals surface area contributed by atoms with Gasteiger partial charge in [0.1, 0.15) is 5.69 Å². The maximum atomic E-state index is 12.8. The summed E-state index contributed by atoms with van der Waals surface area (Å²) in [4.78, 5) is 41.2. The molecule has 1 aliphatic rings. The summed E-state index contributed by atoms with van der Waals surface area (Å²) in [5, 5.41) is 0.790. The molecule has 0 atom stereocenters. The second kappa shape index (κ2) is 9.30. The van der Waals surface area contributed by atoms with Gasteiger partial charge in [0.2, 0.25) is 5.91 Å². The molecule has 1 saturated heterocycles.